The second kappa shape index (κ2) is 5.23. The number of amides is 1. The van der Waals surface area contributed by atoms with E-state index in [1.165, 1.54) is 6.07 Å². The summed E-state index contributed by atoms with van der Waals surface area (Å²) in [5.41, 5.74) is 0.239. The van der Waals surface area contributed by atoms with Gasteiger partial charge in [0.25, 0.3) is 5.91 Å². The molecule has 0 radical (unpaired) electrons. The van der Waals surface area contributed by atoms with Gasteiger partial charge in [-0.05, 0) is 31.4 Å². The van der Waals surface area contributed by atoms with Crippen LogP contribution in [-0.2, 0) is 9.53 Å². The van der Waals surface area contributed by atoms with Crippen LogP contribution in [0.5, 0.6) is 0 Å². The molecule has 5 heteroatoms. The van der Waals surface area contributed by atoms with E-state index in [9.17, 15) is 13.6 Å². The predicted octanol–water partition coefficient (Wildman–Crippen LogP) is 2.47. The molecule has 1 N–H and O–H groups in total. The van der Waals surface area contributed by atoms with Gasteiger partial charge in [-0.3, -0.25) is 4.79 Å². The molecule has 1 aliphatic rings. The molecule has 0 aromatic heterocycles. The molecule has 0 bridgehead atoms. The minimum absolute atomic E-state index is 0.239. The number of hydrogen-bond donors (Lipinski definition) is 1. The molecule has 1 aromatic carbocycles. The first-order valence-electron chi connectivity index (χ1n) is 5.54. The molecule has 0 saturated carbocycles. The topological polar surface area (TPSA) is 38.3 Å². The lowest BCUT2D eigenvalue weighted by atomic mass is 10.1. The molecule has 0 aliphatic carbocycles. The number of hydrogen-bond acceptors (Lipinski definition) is 2. The van der Waals surface area contributed by atoms with Crippen LogP contribution in [0.2, 0.25) is 0 Å². The number of carbonyl (C=O) groups is 1. The summed E-state index contributed by atoms with van der Waals surface area (Å²) in [7, 11) is 0. The van der Waals surface area contributed by atoms with Crippen molar-refractivity contribution in [2.24, 2.45) is 0 Å². The molecule has 1 heterocycles. The van der Waals surface area contributed by atoms with Gasteiger partial charge in [0.2, 0.25) is 0 Å². The molecule has 1 fully saturated rings. The lowest BCUT2D eigenvalue weighted by Crippen LogP contribution is -2.33. The van der Waals surface area contributed by atoms with Crippen LogP contribution in [-0.4, -0.2) is 18.6 Å². The summed E-state index contributed by atoms with van der Waals surface area (Å²) in [6, 6.07) is 3.25. The molecule has 3 nitrogen and oxygen atoms in total. The predicted molar refractivity (Wildman–Crippen MR) is 58.6 cm³/mol. The number of anilines is 1. The minimum atomic E-state index is -0.979. The Labute approximate surface area is 97.8 Å². The van der Waals surface area contributed by atoms with Gasteiger partial charge in [-0.1, -0.05) is 0 Å². The van der Waals surface area contributed by atoms with E-state index in [-0.39, 0.29) is 11.6 Å². The number of nitrogens with one attached hydrogen (secondary N) is 1. The molecule has 1 saturated heterocycles. The lowest BCUT2D eigenvalue weighted by Gasteiger charge is -2.21. The van der Waals surface area contributed by atoms with Crippen molar-refractivity contribution in [3.05, 3.63) is 29.8 Å². The van der Waals surface area contributed by atoms with Crippen LogP contribution in [0.1, 0.15) is 19.3 Å². The van der Waals surface area contributed by atoms with Crippen molar-refractivity contribution >= 4 is 11.6 Å². The Morgan fingerprint density at radius 2 is 2.12 bits per heavy atom. The third kappa shape index (κ3) is 3.00. The van der Waals surface area contributed by atoms with Crippen LogP contribution in [0.4, 0.5) is 14.5 Å². The highest BCUT2D eigenvalue weighted by molar-refractivity contribution is 5.94. The van der Waals surface area contributed by atoms with E-state index in [4.69, 9.17) is 4.74 Å². The van der Waals surface area contributed by atoms with Gasteiger partial charge in [0, 0.05) is 18.4 Å². The van der Waals surface area contributed by atoms with Crippen LogP contribution in [0.3, 0.4) is 0 Å². The van der Waals surface area contributed by atoms with Crippen molar-refractivity contribution in [2.75, 3.05) is 11.9 Å². The monoisotopic (exact) mass is 241 g/mol. The Kier molecular flexibility index (Phi) is 3.68. The van der Waals surface area contributed by atoms with E-state index in [0.717, 1.165) is 25.0 Å². The number of halogens is 2. The fraction of sp³-hybridized carbons (Fsp3) is 0.417. The second-order valence-electron chi connectivity index (χ2n) is 3.97. The molecule has 17 heavy (non-hydrogen) atoms. The summed E-state index contributed by atoms with van der Waals surface area (Å²) in [4.78, 5) is 11.7. The number of ether oxygens (including phenoxy) is 1. The molecular weight excluding hydrogens is 228 g/mol. The summed E-state index contributed by atoms with van der Waals surface area (Å²) < 4.78 is 30.9. The number of rotatable bonds is 2. The first-order valence-corrected chi connectivity index (χ1v) is 5.54. The molecular formula is C12H13F2NO2. The van der Waals surface area contributed by atoms with E-state index >= 15 is 0 Å². The largest absolute Gasteiger partial charge is 0.368 e. The van der Waals surface area contributed by atoms with Crippen LogP contribution in [0.25, 0.3) is 0 Å². The molecule has 0 spiro atoms. The standard InChI is InChI=1S/C12H13F2NO2/c13-9-5-4-8(7-10(9)14)15-12(16)11-3-1-2-6-17-11/h4-5,7,11H,1-3,6H2,(H,15,16). The second-order valence-corrected chi connectivity index (χ2v) is 3.97. The molecule has 2 rings (SSSR count). The average molecular weight is 241 g/mol. The Hall–Kier alpha value is -1.49. The van der Waals surface area contributed by atoms with Crippen molar-refractivity contribution in [1.82, 2.24) is 0 Å². The highest BCUT2D eigenvalue weighted by Gasteiger charge is 2.22. The van der Waals surface area contributed by atoms with Gasteiger partial charge >= 0.3 is 0 Å². The summed E-state index contributed by atoms with van der Waals surface area (Å²) in [6.07, 6.45) is 2.07. The lowest BCUT2D eigenvalue weighted by molar-refractivity contribution is -0.129. The Bertz CT molecular complexity index is 417. The van der Waals surface area contributed by atoms with Gasteiger partial charge in [-0.15, -0.1) is 0 Å². The van der Waals surface area contributed by atoms with E-state index in [0.29, 0.717) is 13.0 Å². The van der Waals surface area contributed by atoms with Crippen molar-refractivity contribution in [3.8, 4) is 0 Å². The van der Waals surface area contributed by atoms with Gasteiger partial charge in [0.05, 0.1) is 0 Å². The fourth-order valence-corrected chi connectivity index (χ4v) is 1.74. The molecule has 1 aliphatic heterocycles. The smallest absolute Gasteiger partial charge is 0.253 e. The highest BCUT2D eigenvalue weighted by atomic mass is 19.2. The molecule has 1 unspecified atom stereocenters. The highest BCUT2D eigenvalue weighted by Crippen LogP contribution is 2.17. The van der Waals surface area contributed by atoms with Gasteiger partial charge in [0.15, 0.2) is 11.6 Å². The minimum Gasteiger partial charge on any atom is -0.368 e. The van der Waals surface area contributed by atoms with Crippen molar-refractivity contribution in [3.63, 3.8) is 0 Å². The van der Waals surface area contributed by atoms with E-state index < -0.39 is 17.7 Å². The SMILES string of the molecule is O=C(Nc1ccc(F)c(F)c1)C1CCCCO1. The molecule has 1 amide bonds. The van der Waals surface area contributed by atoms with Crippen LogP contribution >= 0.6 is 0 Å². The van der Waals surface area contributed by atoms with Gasteiger partial charge in [-0.2, -0.15) is 0 Å². The maximum absolute atomic E-state index is 12.9. The maximum atomic E-state index is 12.9. The zero-order chi connectivity index (χ0) is 12.3. The van der Waals surface area contributed by atoms with E-state index in [1.807, 2.05) is 0 Å². The van der Waals surface area contributed by atoms with Crippen LogP contribution < -0.4 is 5.32 Å². The van der Waals surface area contributed by atoms with E-state index in [2.05, 4.69) is 5.32 Å². The van der Waals surface area contributed by atoms with Gasteiger partial charge in [0.1, 0.15) is 6.10 Å². The summed E-state index contributed by atoms with van der Waals surface area (Å²) >= 11 is 0. The Morgan fingerprint density at radius 1 is 1.29 bits per heavy atom. The number of carbonyl (C=O) groups excluding carboxylic acids is 1. The molecule has 1 atom stereocenters. The summed E-state index contributed by atoms with van der Waals surface area (Å²) in [6.45, 7) is 0.565. The normalized spacial score (nSPS) is 20.0. The third-order valence-corrected chi connectivity index (χ3v) is 2.66. The van der Waals surface area contributed by atoms with Crippen molar-refractivity contribution in [2.45, 2.75) is 25.4 Å². The average Bonchev–Trinajstić information content (AvgIpc) is 2.35. The van der Waals surface area contributed by atoms with Gasteiger partial charge < -0.3 is 10.1 Å². The zero-order valence-electron chi connectivity index (χ0n) is 9.21. The summed E-state index contributed by atoms with van der Waals surface area (Å²) in [5.74, 6) is -2.22. The Balaban J connectivity index is 1.99. The zero-order valence-corrected chi connectivity index (χ0v) is 9.21. The van der Waals surface area contributed by atoms with Crippen molar-refractivity contribution in [1.29, 1.82) is 0 Å². The van der Waals surface area contributed by atoms with Crippen molar-refractivity contribution < 1.29 is 18.3 Å². The first-order chi connectivity index (χ1) is 8.16. The van der Waals surface area contributed by atoms with Crippen LogP contribution in [0, 0.1) is 11.6 Å². The third-order valence-electron chi connectivity index (χ3n) is 2.66. The molecule has 1 aromatic rings. The summed E-state index contributed by atoms with van der Waals surface area (Å²) in [5, 5.41) is 2.51. The number of benzene rings is 1. The quantitative estimate of drug-likeness (QED) is 0.863. The fourth-order valence-electron chi connectivity index (χ4n) is 1.74. The van der Waals surface area contributed by atoms with Crippen LogP contribution in [0.15, 0.2) is 18.2 Å². The van der Waals surface area contributed by atoms with E-state index in [1.54, 1.807) is 0 Å². The first kappa shape index (κ1) is 12.0. The molecule has 92 valence electrons. The van der Waals surface area contributed by atoms with Gasteiger partial charge in [-0.25, -0.2) is 8.78 Å². The Morgan fingerprint density at radius 3 is 2.76 bits per heavy atom. The maximum Gasteiger partial charge on any atom is 0.253 e.